The van der Waals surface area contributed by atoms with E-state index in [4.69, 9.17) is 5.73 Å². The molecule has 0 fully saturated rings. The Morgan fingerprint density at radius 1 is 1.73 bits per heavy atom. The van der Waals surface area contributed by atoms with Crippen LogP contribution in [0, 0.1) is 6.92 Å². The minimum absolute atomic E-state index is 0.103. The van der Waals surface area contributed by atoms with Crippen LogP contribution in [0.15, 0.2) is 6.33 Å². The number of hydrogen-bond donors (Lipinski definition) is 2. The Morgan fingerprint density at radius 3 is 2.91 bits per heavy atom. The van der Waals surface area contributed by atoms with Crippen molar-refractivity contribution in [1.82, 2.24) is 9.97 Å². The summed E-state index contributed by atoms with van der Waals surface area (Å²) in [6.07, 6.45) is 3.80. The van der Waals surface area contributed by atoms with Crippen molar-refractivity contribution in [3.63, 3.8) is 0 Å². The van der Waals surface area contributed by atoms with Crippen molar-refractivity contribution in [2.75, 3.05) is 0 Å². The molecule has 3 heteroatoms. The molecular weight excluding hydrogens is 138 g/mol. The highest BCUT2D eigenvalue weighted by Gasteiger charge is 2.09. The number of rotatable bonds is 3. The topological polar surface area (TPSA) is 54.7 Å². The van der Waals surface area contributed by atoms with Crippen molar-refractivity contribution in [2.24, 2.45) is 5.73 Å². The molecule has 11 heavy (non-hydrogen) atoms. The van der Waals surface area contributed by atoms with Gasteiger partial charge in [-0.05, 0) is 13.3 Å². The maximum atomic E-state index is 5.87. The smallest absolute Gasteiger partial charge is 0.0925 e. The van der Waals surface area contributed by atoms with E-state index in [2.05, 4.69) is 16.9 Å². The predicted octanol–water partition coefficient (Wildman–Crippen LogP) is 1.52. The van der Waals surface area contributed by atoms with Gasteiger partial charge in [0.05, 0.1) is 12.0 Å². The second-order valence-corrected chi connectivity index (χ2v) is 2.81. The van der Waals surface area contributed by atoms with E-state index >= 15 is 0 Å². The minimum Gasteiger partial charge on any atom is -0.348 e. The maximum absolute atomic E-state index is 5.87. The van der Waals surface area contributed by atoms with Crippen LogP contribution in [0.2, 0.25) is 0 Å². The van der Waals surface area contributed by atoms with Crippen molar-refractivity contribution < 1.29 is 0 Å². The van der Waals surface area contributed by atoms with E-state index in [0.717, 1.165) is 24.2 Å². The number of nitrogens with one attached hydrogen (secondary N) is 1. The van der Waals surface area contributed by atoms with Crippen LogP contribution in [0.3, 0.4) is 0 Å². The van der Waals surface area contributed by atoms with E-state index < -0.39 is 0 Å². The van der Waals surface area contributed by atoms with Gasteiger partial charge in [0, 0.05) is 11.7 Å². The van der Waals surface area contributed by atoms with Gasteiger partial charge in [-0.1, -0.05) is 13.3 Å². The molecule has 1 rings (SSSR count). The molecule has 1 unspecified atom stereocenters. The van der Waals surface area contributed by atoms with Crippen LogP contribution in [0.1, 0.15) is 37.2 Å². The fraction of sp³-hybridized carbons (Fsp3) is 0.625. The molecule has 0 radical (unpaired) electrons. The van der Waals surface area contributed by atoms with E-state index in [-0.39, 0.29) is 6.04 Å². The van der Waals surface area contributed by atoms with Gasteiger partial charge in [-0.15, -0.1) is 0 Å². The van der Waals surface area contributed by atoms with Gasteiger partial charge in [-0.2, -0.15) is 0 Å². The highest BCUT2D eigenvalue weighted by molar-refractivity contribution is 5.12. The van der Waals surface area contributed by atoms with Crippen LogP contribution in [0.25, 0.3) is 0 Å². The van der Waals surface area contributed by atoms with E-state index in [1.54, 1.807) is 6.33 Å². The first-order valence-corrected chi connectivity index (χ1v) is 4.01. The summed E-state index contributed by atoms with van der Waals surface area (Å²) in [4.78, 5) is 7.17. The van der Waals surface area contributed by atoms with E-state index in [1.165, 1.54) is 0 Å². The van der Waals surface area contributed by atoms with E-state index in [1.807, 2.05) is 6.92 Å². The average Bonchev–Trinajstić information content (AvgIpc) is 2.36. The average molecular weight is 153 g/mol. The van der Waals surface area contributed by atoms with Gasteiger partial charge in [-0.25, -0.2) is 4.98 Å². The molecule has 0 amide bonds. The summed E-state index contributed by atoms with van der Waals surface area (Å²) < 4.78 is 0. The summed E-state index contributed by atoms with van der Waals surface area (Å²) in [6, 6.07) is 0.103. The summed E-state index contributed by atoms with van der Waals surface area (Å²) in [5.74, 6) is 0. The van der Waals surface area contributed by atoms with Crippen molar-refractivity contribution in [2.45, 2.75) is 32.7 Å². The monoisotopic (exact) mass is 153 g/mol. The molecule has 0 bridgehead atoms. The zero-order chi connectivity index (χ0) is 8.27. The molecule has 3 nitrogen and oxygen atoms in total. The molecule has 0 saturated heterocycles. The lowest BCUT2D eigenvalue weighted by Gasteiger charge is -2.07. The van der Waals surface area contributed by atoms with Crippen LogP contribution in [-0.4, -0.2) is 9.97 Å². The number of imidazole rings is 1. The largest absolute Gasteiger partial charge is 0.348 e. The Hall–Kier alpha value is -0.830. The number of hydrogen-bond acceptors (Lipinski definition) is 2. The highest BCUT2D eigenvalue weighted by Crippen LogP contribution is 2.15. The number of H-pyrrole nitrogens is 1. The van der Waals surface area contributed by atoms with E-state index in [0.29, 0.717) is 0 Å². The Kier molecular flexibility index (Phi) is 2.65. The Balaban J connectivity index is 2.67. The van der Waals surface area contributed by atoms with Crippen molar-refractivity contribution in [3.8, 4) is 0 Å². The second-order valence-electron chi connectivity index (χ2n) is 2.81. The molecule has 1 heterocycles. The summed E-state index contributed by atoms with van der Waals surface area (Å²) in [5.41, 5.74) is 7.96. The molecule has 1 aromatic heterocycles. The molecule has 0 aromatic carbocycles. The summed E-state index contributed by atoms with van der Waals surface area (Å²) >= 11 is 0. The molecule has 62 valence electrons. The molecule has 0 aliphatic rings. The Morgan fingerprint density at radius 2 is 2.45 bits per heavy atom. The van der Waals surface area contributed by atoms with Crippen molar-refractivity contribution in [1.29, 1.82) is 0 Å². The molecule has 3 N–H and O–H groups in total. The first-order chi connectivity index (χ1) is 5.25. The zero-order valence-corrected chi connectivity index (χ0v) is 7.09. The summed E-state index contributed by atoms with van der Waals surface area (Å²) in [5, 5.41) is 0. The number of aromatic nitrogens is 2. The lowest BCUT2D eigenvalue weighted by molar-refractivity contribution is 0.621. The van der Waals surface area contributed by atoms with Crippen LogP contribution < -0.4 is 5.73 Å². The SMILES string of the molecule is CCCC(N)c1nc[nH]c1C. The van der Waals surface area contributed by atoms with Gasteiger partial charge in [0.25, 0.3) is 0 Å². The normalized spacial score (nSPS) is 13.4. The van der Waals surface area contributed by atoms with Gasteiger partial charge in [0.2, 0.25) is 0 Å². The third-order valence-electron chi connectivity index (χ3n) is 1.82. The van der Waals surface area contributed by atoms with Gasteiger partial charge in [0.15, 0.2) is 0 Å². The fourth-order valence-electron chi connectivity index (χ4n) is 1.19. The lowest BCUT2D eigenvalue weighted by atomic mass is 10.1. The quantitative estimate of drug-likeness (QED) is 0.691. The number of aryl methyl sites for hydroxylation is 1. The number of nitrogens with two attached hydrogens (primary N) is 1. The molecule has 0 aliphatic carbocycles. The lowest BCUT2D eigenvalue weighted by Crippen LogP contribution is -2.11. The Labute approximate surface area is 67.0 Å². The van der Waals surface area contributed by atoms with Crippen LogP contribution >= 0.6 is 0 Å². The predicted molar refractivity (Wildman–Crippen MR) is 45.2 cm³/mol. The molecule has 0 spiro atoms. The minimum atomic E-state index is 0.103. The van der Waals surface area contributed by atoms with Gasteiger partial charge in [-0.3, -0.25) is 0 Å². The highest BCUT2D eigenvalue weighted by atomic mass is 14.9. The van der Waals surface area contributed by atoms with E-state index in [9.17, 15) is 0 Å². The standard InChI is InChI=1S/C8H15N3/c1-3-4-7(9)8-6(2)10-5-11-8/h5,7H,3-4,9H2,1-2H3,(H,10,11). The maximum Gasteiger partial charge on any atom is 0.0925 e. The molecule has 0 saturated carbocycles. The van der Waals surface area contributed by atoms with Crippen LogP contribution in [-0.2, 0) is 0 Å². The zero-order valence-electron chi connectivity index (χ0n) is 7.09. The van der Waals surface area contributed by atoms with Crippen molar-refractivity contribution in [3.05, 3.63) is 17.7 Å². The first kappa shape index (κ1) is 8.27. The van der Waals surface area contributed by atoms with Gasteiger partial charge < -0.3 is 10.7 Å². The number of nitrogens with zero attached hydrogens (tertiary/aromatic N) is 1. The number of aromatic amines is 1. The Bertz CT molecular complexity index is 217. The van der Waals surface area contributed by atoms with Gasteiger partial charge >= 0.3 is 0 Å². The van der Waals surface area contributed by atoms with Crippen LogP contribution in [0.4, 0.5) is 0 Å². The summed E-state index contributed by atoms with van der Waals surface area (Å²) in [7, 11) is 0. The molecular formula is C8H15N3. The molecule has 1 atom stereocenters. The second kappa shape index (κ2) is 3.53. The van der Waals surface area contributed by atoms with Crippen LogP contribution in [0.5, 0.6) is 0 Å². The molecule has 1 aromatic rings. The summed E-state index contributed by atoms with van der Waals surface area (Å²) in [6.45, 7) is 4.12. The van der Waals surface area contributed by atoms with Gasteiger partial charge in [0.1, 0.15) is 0 Å². The third kappa shape index (κ3) is 1.80. The first-order valence-electron chi connectivity index (χ1n) is 4.01. The third-order valence-corrected chi connectivity index (χ3v) is 1.82. The fourth-order valence-corrected chi connectivity index (χ4v) is 1.19. The molecule has 0 aliphatic heterocycles. The van der Waals surface area contributed by atoms with Crippen molar-refractivity contribution >= 4 is 0 Å².